The first-order chi connectivity index (χ1) is 37.6. The first kappa shape index (κ1) is 70.7. The van der Waals surface area contributed by atoms with Crippen LogP contribution in [0, 0.1) is 0 Å². The van der Waals surface area contributed by atoms with Crippen LogP contribution in [-0.2, 0) is 42.9 Å². The topological polar surface area (TPSA) is 175 Å². The van der Waals surface area contributed by atoms with E-state index in [1.54, 1.807) is 0 Å². The summed E-state index contributed by atoms with van der Waals surface area (Å²) in [4.78, 5) is 51.1. The number of rotatable bonds is 50. The minimum Gasteiger partial charge on any atom is -0.479 e. The van der Waals surface area contributed by atoms with Crippen LogP contribution in [0.2, 0.25) is 0 Å². The number of carbonyl (C=O) groups excluding carboxylic acids is 3. The molecule has 0 aromatic carbocycles. The fourth-order valence-electron chi connectivity index (χ4n) is 8.54. The molecule has 438 valence electrons. The summed E-state index contributed by atoms with van der Waals surface area (Å²) in [6.45, 7) is 5.71. The Hall–Kier alpha value is -4.36. The highest BCUT2D eigenvalue weighted by Crippen LogP contribution is 2.26. The van der Waals surface area contributed by atoms with Gasteiger partial charge < -0.3 is 39.0 Å². The van der Waals surface area contributed by atoms with Gasteiger partial charge in [0.2, 0.25) is 0 Å². The molecule has 3 N–H and O–H groups in total. The Balaban J connectivity index is 2.71. The average Bonchev–Trinajstić information content (AvgIpc) is 3.41. The van der Waals surface area contributed by atoms with Gasteiger partial charge in [-0.3, -0.25) is 14.4 Å². The summed E-state index contributed by atoms with van der Waals surface area (Å²) in [6, 6.07) is 0. The van der Waals surface area contributed by atoms with Crippen molar-refractivity contribution in [3.05, 3.63) is 97.2 Å². The van der Waals surface area contributed by atoms with Gasteiger partial charge in [0.1, 0.15) is 18.8 Å². The Kier molecular flexibility index (Phi) is 48.0. The van der Waals surface area contributed by atoms with Crippen LogP contribution in [0.5, 0.6) is 0 Å². The molecule has 0 aromatic heterocycles. The normalized spacial score (nSPS) is 18.7. The molecule has 1 heterocycles. The average molecular weight is 1080 g/mol. The van der Waals surface area contributed by atoms with Crippen molar-refractivity contribution in [3.63, 3.8) is 0 Å². The number of ether oxygens (including phenoxy) is 5. The standard InChI is InChI=1S/C65H106O12/c1-4-7-10-13-16-19-22-25-27-28-29-30-32-34-36-39-42-45-48-51-57(66)73-54-56(75-58(67)52-49-46-43-40-38-35-31-26-23-20-17-14-11-8-5-2)55-74-65-63(61(70)60(69)62(77-65)64(71)72)76-59(68)53-50-47-44-41-37-33-24-21-18-15-12-9-6-3/h8-9,11-12,17-18,20-21,25-27,31,33,37-38,40,56,60-63,65,69-70H,4-7,10,13-16,19,22-24,28-30,32,34-36,39,41-55H2,1-3H3,(H,71,72)/b11-8-,12-9-,20-17-,21-18-,27-25-,31-26-,37-33-,40-38-. The van der Waals surface area contributed by atoms with Crippen LogP contribution in [0.25, 0.3) is 0 Å². The van der Waals surface area contributed by atoms with Gasteiger partial charge in [-0.15, -0.1) is 0 Å². The minimum atomic E-state index is -1.92. The second kappa shape index (κ2) is 52.3. The van der Waals surface area contributed by atoms with Crippen molar-refractivity contribution in [1.82, 2.24) is 0 Å². The quantitative estimate of drug-likeness (QED) is 0.0228. The first-order valence-electron chi connectivity index (χ1n) is 30.2. The molecule has 0 amide bonds. The Morgan fingerprint density at radius 1 is 0.442 bits per heavy atom. The predicted octanol–water partition coefficient (Wildman–Crippen LogP) is 15.7. The van der Waals surface area contributed by atoms with Crippen LogP contribution >= 0.6 is 0 Å². The summed E-state index contributed by atoms with van der Waals surface area (Å²) in [5, 5.41) is 31.5. The molecule has 12 heteroatoms. The predicted molar refractivity (Wildman–Crippen MR) is 312 cm³/mol. The number of hydrogen-bond donors (Lipinski definition) is 3. The van der Waals surface area contributed by atoms with Crippen molar-refractivity contribution >= 4 is 23.9 Å². The minimum absolute atomic E-state index is 0.0161. The van der Waals surface area contributed by atoms with E-state index < -0.39 is 67.3 Å². The van der Waals surface area contributed by atoms with Crippen LogP contribution < -0.4 is 0 Å². The molecule has 1 rings (SSSR count). The van der Waals surface area contributed by atoms with Gasteiger partial charge in [-0.05, 0) is 116 Å². The lowest BCUT2D eigenvalue weighted by Gasteiger charge is -2.40. The SMILES string of the molecule is CC/C=C\C/C=C\C/C=C\C/C=C\CCCCC(=O)OC(COC(=O)CCCCCCCCCCC/C=C\CCCCCCCC)COC1OC(C(=O)O)C(O)C(O)C1OC(=O)CCCCC/C=C\C/C=C\C/C=C\CC. The van der Waals surface area contributed by atoms with Crippen LogP contribution in [-0.4, -0.2) is 89.2 Å². The first-order valence-corrected chi connectivity index (χ1v) is 30.2. The summed E-state index contributed by atoms with van der Waals surface area (Å²) in [5.41, 5.74) is 0. The molecule has 0 aliphatic carbocycles. The van der Waals surface area contributed by atoms with E-state index in [0.29, 0.717) is 19.3 Å². The maximum absolute atomic E-state index is 13.1. The van der Waals surface area contributed by atoms with Crippen molar-refractivity contribution in [3.8, 4) is 0 Å². The lowest BCUT2D eigenvalue weighted by atomic mass is 9.98. The van der Waals surface area contributed by atoms with E-state index in [-0.39, 0.29) is 25.9 Å². The van der Waals surface area contributed by atoms with E-state index in [4.69, 9.17) is 23.7 Å². The van der Waals surface area contributed by atoms with Gasteiger partial charge in [0.15, 0.2) is 24.6 Å². The maximum atomic E-state index is 13.1. The molecule has 6 unspecified atom stereocenters. The Bertz CT molecular complexity index is 1710. The third-order valence-electron chi connectivity index (χ3n) is 13.1. The van der Waals surface area contributed by atoms with Crippen molar-refractivity contribution < 1.29 is 58.2 Å². The van der Waals surface area contributed by atoms with Gasteiger partial charge in [0.05, 0.1) is 6.61 Å². The summed E-state index contributed by atoms with van der Waals surface area (Å²) >= 11 is 0. The molecule has 6 atom stereocenters. The smallest absolute Gasteiger partial charge is 0.335 e. The number of aliphatic hydroxyl groups is 2. The summed E-state index contributed by atoms with van der Waals surface area (Å²) in [5.74, 6) is -3.22. The van der Waals surface area contributed by atoms with E-state index in [1.807, 2.05) is 0 Å². The van der Waals surface area contributed by atoms with E-state index in [9.17, 15) is 34.5 Å². The molecule has 1 aliphatic heterocycles. The molecule has 1 fully saturated rings. The molecular weight excluding hydrogens is 973 g/mol. The molecule has 0 aromatic rings. The third kappa shape index (κ3) is 42.3. The highest BCUT2D eigenvalue weighted by molar-refractivity contribution is 5.74. The zero-order valence-corrected chi connectivity index (χ0v) is 48.2. The zero-order chi connectivity index (χ0) is 56.1. The second-order valence-electron chi connectivity index (χ2n) is 20.2. The molecule has 1 saturated heterocycles. The monoisotopic (exact) mass is 1080 g/mol. The highest BCUT2D eigenvalue weighted by atomic mass is 16.7. The number of allylic oxidation sites excluding steroid dienone is 16. The Morgan fingerprint density at radius 3 is 1.30 bits per heavy atom. The molecule has 77 heavy (non-hydrogen) atoms. The van der Waals surface area contributed by atoms with Crippen molar-refractivity contribution in [2.24, 2.45) is 0 Å². The van der Waals surface area contributed by atoms with Gasteiger partial charge in [-0.1, -0.05) is 201 Å². The van der Waals surface area contributed by atoms with Gasteiger partial charge in [-0.25, -0.2) is 4.79 Å². The lowest BCUT2D eigenvalue weighted by molar-refractivity contribution is -0.301. The highest BCUT2D eigenvalue weighted by Gasteiger charge is 2.50. The number of aliphatic carboxylic acids is 1. The van der Waals surface area contributed by atoms with Crippen LogP contribution in [0.15, 0.2) is 97.2 Å². The van der Waals surface area contributed by atoms with E-state index in [2.05, 4.69) is 118 Å². The Morgan fingerprint density at radius 2 is 0.818 bits per heavy atom. The van der Waals surface area contributed by atoms with Gasteiger partial charge in [0.25, 0.3) is 0 Å². The molecule has 0 radical (unpaired) electrons. The van der Waals surface area contributed by atoms with E-state index >= 15 is 0 Å². The lowest BCUT2D eigenvalue weighted by Crippen LogP contribution is -2.61. The van der Waals surface area contributed by atoms with Crippen LogP contribution in [0.3, 0.4) is 0 Å². The Labute approximate surface area is 466 Å². The second-order valence-corrected chi connectivity index (χ2v) is 20.2. The van der Waals surface area contributed by atoms with Crippen LogP contribution in [0.1, 0.15) is 239 Å². The number of carboxylic acid groups (broad SMARTS) is 1. The van der Waals surface area contributed by atoms with Gasteiger partial charge in [0, 0.05) is 19.3 Å². The van der Waals surface area contributed by atoms with E-state index in [1.165, 1.54) is 83.5 Å². The van der Waals surface area contributed by atoms with E-state index in [0.717, 1.165) is 96.3 Å². The summed E-state index contributed by atoms with van der Waals surface area (Å²) < 4.78 is 28.4. The van der Waals surface area contributed by atoms with Crippen molar-refractivity contribution in [1.29, 1.82) is 0 Å². The van der Waals surface area contributed by atoms with Gasteiger partial charge >= 0.3 is 23.9 Å². The fraction of sp³-hybridized carbons (Fsp3) is 0.692. The largest absolute Gasteiger partial charge is 0.479 e. The number of carbonyl (C=O) groups is 4. The van der Waals surface area contributed by atoms with Crippen LogP contribution in [0.4, 0.5) is 0 Å². The number of unbranched alkanes of at least 4 members (excludes halogenated alkanes) is 20. The summed E-state index contributed by atoms with van der Waals surface area (Å²) in [7, 11) is 0. The number of esters is 3. The molecule has 1 aliphatic rings. The molecule has 12 nitrogen and oxygen atoms in total. The van der Waals surface area contributed by atoms with Gasteiger partial charge in [-0.2, -0.15) is 0 Å². The third-order valence-corrected chi connectivity index (χ3v) is 13.1. The van der Waals surface area contributed by atoms with Crippen molar-refractivity contribution in [2.75, 3.05) is 13.2 Å². The maximum Gasteiger partial charge on any atom is 0.335 e. The number of aliphatic hydroxyl groups excluding tert-OH is 2. The zero-order valence-electron chi connectivity index (χ0n) is 48.2. The van der Waals surface area contributed by atoms with Crippen molar-refractivity contribution in [2.45, 2.75) is 276 Å². The molecular formula is C65H106O12. The number of hydrogen-bond acceptors (Lipinski definition) is 11. The number of carboxylic acids is 1. The fourth-order valence-corrected chi connectivity index (χ4v) is 8.54. The molecule has 0 spiro atoms. The molecule has 0 saturated carbocycles. The molecule has 0 bridgehead atoms. The summed E-state index contributed by atoms with van der Waals surface area (Å²) in [6.07, 6.45) is 56.7.